The number of nitrogens with one attached hydrogen (secondary N) is 1. The Morgan fingerprint density at radius 1 is 0.864 bits per heavy atom. The number of anilines is 1. The van der Waals surface area contributed by atoms with Gasteiger partial charge in [-0.25, -0.2) is 12.8 Å². The molecule has 4 aromatic carbocycles. The minimum atomic E-state index is -4.26. The molecule has 1 N–H and O–H groups in total. The minimum Gasteiger partial charge on any atom is -0.354 e. The molecule has 0 spiro atoms. The van der Waals surface area contributed by atoms with Crippen LogP contribution in [0.5, 0.6) is 0 Å². The zero-order valence-corrected chi connectivity index (χ0v) is 26.2. The minimum absolute atomic E-state index is 0.0222. The largest absolute Gasteiger partial charge is 0.354 e. The number of carbonyl (C=O) groups is 2. The fraction of sp³-hybridized carbons (Fsp3) is 0.235. The average Bonchev–Trinajstić information content (AvgIpc) is 3.02. The summed E-state index contributed by atoms with van der Waals surface area (Å²) in [7, 11) is -4.26. The van der Waals surface area contributed by atoms with E-state index in [1.54, 1.807) is 36.4 Å². The van der Waals surface area contributed by atoms with Crippen LogP contribution >= 0.6 is 11.6 Å². The highest BCUT2D eigenvalue weighted by Gasteiger charge is 2.34. The molecule has 0 unspecified atom stereocenters. The summed E-state index contributed by atoms with van der Waals surface area (Å²) in [5.41, 5.74) is 2.52. The van der Waals surface area contributed by atoms with Crippen molar-refractivity contribution in [3.63, 3.8) is 0 Å². The molecule has 4 aromatic rings. The zero-order chi connectivity index (χ0) is 31.7. The number of halogens is 2. The van der Waals surface area contributed by atoms with Crippen LogP contribution in [0.15, 0.2) is 108 Å². The second-order valence-corrected chi connectivity index (χ2v) is 12.7. The van der Waals surface area contributed by atoms with Crippen molar-refractivity contribution in [2.24, 2.45) is 0 Å². The predicted octanol–water partition coefficient (Wildman–Crippen LogP) is 6.15. The van der Waals surface area contributed by atoms with Crippen molar-refractivity contribution in [2.45, 2.75) is 44.2 Å². The van der Waals surface area contributed by atoms with Crippen LogP contribution in [-0.4, -0.2) is 44.3 Å². The summed E-state index contributed by atoms with van der Waals surface area (Å²) in [5, 5.41) is 3.42. The molecule has 44 heavy (non-hydrogen) atoms. The molecule has 0 aromatic heterocycles. The van der Waals surface area contributed by atoms with E-state index in [1.165, 1.54) is 29.2 Å². The first-order valence-electron chi connectivity index (χ1n) is 14.3. The molecule has 0 radical (unpaired) electrons. The quantitative estimate of drug-likeness (QED) is 0.191. The summed E-state index contributed by atoms with van der Waals surface area (Å²) in [6.07, 6.45) is 0.902. The molecular formula is C34H35ClFN3O4S. The number of rotatable bonds is 13. The van der Waals surface area contributed by atoms with Crippen molar-refractivity contribution in [2.75, 3.05) is 17.4 Å². The van der Waals surface area contributed by atoms with Crippen LogP contribution in [0.4, 0.5) is 10.1 Å². The standard InChI is InChI=1S/C34H35ClFN3O4S/c1-3-21-37-34(41)32(22-26-7-5-4-6-8-26)38(23-27-11-13-28(35)14-12-27)33(40)24-39(30-17-15-29(36)16-18-30)44(42,43)31-19-9-25(2)10-20-31/h4-20,32H,3,21-24H2,1-2H3,(H,37,41)/t32-/m1/s1. The van der Waals surface area contributed by atoms with Gasteiger partial charge >= 0.3 is 0 Å². The number of sulfonamides is 1. The summed E-state index contributed by atoms with van der Waals surface area (Å²) in [5.74, 6) is -1.51. The monoisotopic (exact) mass is 635 g/mol. The molecule has 230 valence electrons. The Hall–Kier alpha value is -4.21. The number of benzene rings is 4. The molecule has 1 atom stereocenters. The van der Waals surface area contributed by atoms with Crippen LogP contribution < -0.4 is 9.62 Å². The van der Waals surface area contributed by atoms with E-state index in [0.717, 1.165) is 27.6 Å². The van der Waals surface area contributed by atoms with Gasteiger partial charge in [-0.2, -0.15) is 0 Å². The van der Waals surface area contributed by atoms with Crippen LogP contribution in [0.25, 0.3) is 0 Å². The van der Waals surface area contributed by atoms with Gasteiger partial charge in [-0.05, 0) is 73.0 Å². The fourth-order valence-corrected chi connectivity index (χ4v) is 6.22. The number of hydrogen-bond donors (Lipinski definition) is 1. The molecule has 0 heterocycles. The molecule has 0 bridgehead atoms. The number of amides is 2. The van der Waals surface area contributed by atoms with Gasteiger partial charge in [0.2, 0.25) is 11.8 Å². The molecule has 4 rings (SSSR count). The van der Waals surface area contributed by atoms with E-state index in [4.69, 9.17) is 11.6 Å². The summed E-state index contributed by atoms with van der Waals surface area (Å²) in [6, 6.07) is 26.4. The smallest absolute Gasteiger partial charge is 0.264 e. The lowest BCUT2D eigenvalue weighted by Gasteiger charge is -2.34. The molecule has 0 saturated heterocycles. The van der Waals surface area contributed by atoms with Gasteiger partial charge in [0.1, 0.15) is 18.4 Å². The second-order valence-electron chi connectivity index (χ2n) is 10.4. The summed E-state index contributed by atoms with van der Waals surface area (Å²) < 4.78 is 42.8. The molecule has 0 fully saturated rings. The maximum absolute atomic E-state index is 14.3. The Morgan fingerprint density at radius 3 is 2.11 bits per heavy atom. The number of nitrogens with zero attached hydrogens (tertiary/aromatic N) is 2. The van der Waals surface area contributed by atoms with Crippen molar-refractivity contribution in [3.8, 4) is 0 Å². The fourth-order valence-electron chi connectivity index (χ4n) is 4.68. The van der Waals surface area contributed by atoms with Crippen LogP contribution in [0, 0.1) is 12.7 Å². The summed E-state index contributed by atoms with van der Waals surface area (Å²) in [4.78, 5) is 29.4. The Labute approximate surface area is 263 Å². The third kappa shape index (κ3) is 8.45. The van der Waals surface area contributed by atoms with Crippen LogP contribution in [0.1, 0.15) is 30.0 Å². The van der Waals surface area contributed by atoms with E-state index in [-0.39, 0.29) is 29.5 Å². The number of aryl methyl sites for hydroxylation is 1. The SMILES string of the molecule is CCCNC(=O)[C@@H](Cc1ccccc1)N(Cc1ccc(Cl)cc1)C(=O)CN(c1ccc(F)cc1)S(=O)(=O)c1ccc(C)cc1. The van der Waals surface area contributed by atoms with E-state index in [2.05, 4.69) is 5.32 Å². The lowest BCUT2D eigenvalue weighted by molar-refractivity contribution is -0.140. The lowest BCUT2D eigenvalue weighted by Crippen LogP contribution is -2.53. The topological polar surface area (TPSA) is 86.8 Å². The summed E-state index contributed by atoms with van der Waals surface area (Å²) >= 11 is 6.11. The predicted molar refractivity (Wildman–Crippen MR) is 171 cm³/mol. The van der Waals surface area contributed by atoms with Crippen molar-refractivity contribution in [1.82, 2.24) is 10.2 Å². The molecule has 0 saturated carbocycles. The molecule has 0 aliphatic carbocycles. The van der Waals surface area contributed by atoms with Crippen molar-refractivity contribution >= 4 is 39.1 Å². The van der Waals surface area contributed by atoms with E-state index >= 15 is 0 Å². The molecule has 10 heteroatoms. The van der Waals surface area contributed by atoms with Crippen LogP contribution in [-0.2, 0) is 32.6 Å². The van der Waals surface area contributed by atoms with E-state index in [0.29, 0.717) is 23.6 Å². The maximum Gasteiger partial charge on any atom is 0.264 e. The number of carbonyl (C=O) groups excluding carboxylic acids is 2. The molecule has 0 aliphatic rings. The highest BCUT2D eigenvalue weighted by molar-refractivity contribution is 7.92. The van der Waals surface area contributed by atoms with Crippen LogP contribution in [0.2, 0.25) is 5.02 Å². The van der Waals surface area contributed by atoms with Gasteiger partial charge in [0, 0.05) is 24.5 Å². The Kier molecular flexibility index (Phi) is 11.1. The van der Waals surface area contributed by atoms with E-state index in [9.17, 15) is 22.4 Å². The Balaban J connectivity index is 1.78. The number of hydrogen-bond acceptors (Lipinski definition) is 4. The molecular weight excluding hydrogens is 601 g/mol. The first kappa shape index (κ1) is 32.7. The van der Waals surface area contributed by atoms with Crippen molar-refractivity contribution in [3.05, 3.63) is 131 Å². The lowest BCUT2D eigenvalue weighted by atomic mass is 10.0. The van der Waals surface area contributed by atoms with Gasteiger partial charge < -0.3 is 10.2 Å². The first-order chi connectivity index (χ1) is 21.1. The van der Waals surface area contributed by atoms with E-state index < -0.39 is 34.3 Å². The molecule has 2 amide bonds. The van der Waals surface area contributed by atoms with Gasteiger partial charge in [0.15, 0.2) is 0 Å². The van der Waals surface area contributed by atoms with Crippen molar-refractivity contribution < 1.29 is 22.4 Å². The summed E-state index contributed by atoms with van der Waals surface area (Å²) in [6.45, 7) is 3.58. The van der Waals surface area contributed by atoms with Gasteiger partial charge in [-0.3, -0.25) is 13.9 Å². The first-order valence-corrected chi connectivity index (χ1v) is 16.1. The van der Waals surface area contributed by atoms with Crippen LogP contribution in [0.3, 0.4) is 0 Å². The average molecular weight is 636 g/mol. The second kappa shape index (κ2) is 15.0. The van der Waals surface area contributed by atoms with Gasteiger partial charge in [0.05, 0.1) is 10.6 Å². The normalized spacial score (nSPS) is 11.9. The Bertz CT molecular complexity index is 1650. The van der Waals surface area contributed by atoms with E-state index in [1.807, 2.05) is 44.2 Å². The highest BCUT2D eigenvalue weighted by Crippen LogP contribution is 2.26. The Morgan fingerprint density at radius 2 is 1.50 bits per heavy atom. The molecule has 7 nitrogen and oxygen atoms in total. The maximum atomic E-state index is 14.3. The molecule has 0 aliphatic heterocycles. The highest BCUT2D eigenvalue weighted by atomic mass is 35.5. The third-order valence-electron chi connectivity index (χ3n) is 7.09. The van der Waals surface area contributed by atoms with Crippen molar-refractivity contribution in [1.29, 1.82) is 0 Å². The third-order valence-corrected chi connectivity index (χ3v) is 9.13. The van der Waals surface area contributed by atoms with Gasteiger partial charge in [-0.1, -0.05) is 78.7 Å². The van der Waals surface area contributed by atoms with Gasteiger partial charge in [0.25, 0.3) is 10.0 Å². The van der Waals surface area contributed by atoms with Gasteiger partial charge in [-0.15, -0.1) is 0 Å². The zero-order valence-electron chi connectivity index (χ0n) is 24.6.